The van der Waals surface area contributed by atoms with Gasteiger partial charge in [-0.15, -0.1) is 0 Å². The fourth-order valence-corrected chi connectivity index (χ4v) is 2.14. The summed E-state index contributed by atoms with van der Waals surface area (Å²) in [4.78, 5) is 0. The second kappa shape index (κ2) is 4.03. The van der Waals surface area contributed by atoms with E-state index in [0.717, 1.165) is 22.2 Å². The number of rotatable bonds is 1. The molecule has 4 heteroatoms. The minimum Gasteiger partial charge on any atom is -0.507 e. The topological polar surface area (TPSA) is 46.3 Å². The van der Waals surface area contributed by atoms with Crippen molar-refractivity contribution in [3.63, 3.8) is 0 Å². The maximum Gasteiger partial charge on any atom is 0.167 e. The van der Waals surface area contributed by atoms with E-state index in [1.54, 1.807) is 18.2 Å². The normalized spacial score (nSPS) is 11.0. The largest absolute Gasteiger partial charge is 0.507 e. The summed E-state index contributed by atoms with van der Waals surface area (Å²) >= 11 is 5.95. The molecule has 0 atom stereocenters. The van der Waals surface area contributed by atoms with Crippen molar-refractivity contribution in [3.05, 3.63) is 47.1 Å². The minimum atomic E-state index is 0.202. The molecule has 90 valence electrons. The number of hydrogen-bond donors (Lipinski definition) is 1. The number of nitrogens with zero attached hydrogens (tertiary/aromatic N) is 1. The van der Waals surface area contributed by atoms with Gasteiger partial charge in [-0.25, -0.2) is 0 Å². The van der Waals surface area contributed by atoms with E-state index in [9.17, 15) is 5.11 Å². The number of aromatic nitrogens is 1. The van der Waals surface area contributed by atoms with Crippen molar-refractivity contribution in [1.82, 2.24) is 5.16 Å². The Bertz CT molecular complexity index is 734. The van der Waals surface area contributed by atoms with Crippen LogP contribution in [0.5, 0.6) is 5.75 Å². The van der Waals surface area contributed by atoms with Crippen LogP contribution < -0.4 is 0 Å². The molecule has 3 nitrogen and oxygen atoms in total. The van der Waals surface area contributed by atoms with Crippen LogP contribution in [0, 0.1) is 6.92 Å². The zero-order chi connectivity index (χ0) is 12.7. The van der Waals surface area contributed by atoms with Gasteiger partial charge in [-0.1, -0.05) is 22.8 Å². The number of fused-ring (bicyclic) bond motifs is 1. The smallest absolute Gasteiger partial charge is 0.167 e. The molecule has 3 aromatic rings. The molecular formula is C14H10ClNO2. The van der Waals surface area contributed by atoms with Crippen LogP contribution >= 0.6 is 11.6 Å². The van der Waals surface area contributed by atoms with Gasteiger partial charge >= 0.3 is 0 Å². The van der Waals surface area contributed by atoms with Gasteiger partial charge in [-0.3, -0.25) is 0 Å². The Hall–Kier alpha value is -2.00. The predicted molar refractivity (Wildman–Crippen MR) is 70.9 cm³/mol. The van der Waals surface area contributed by atoms with Gasteiger partial charge in [0.05, 0.1) is 5.69 Å². The van der Waals surface area contributed by atoms with Crippen LogP contribution in [0.1, 0.15) is 5.69 Å². The van der Waals surface area contributed by atoms with E-state index in [0.29, 0.717) is 10.6 Å². The highest BCUT2D eigenvalue weighted by Crippen LogP contribution is 2.33. The molecule has 0 saturated heterocycles. The third-order valence-corrected chi connectivity index (χ3v) is 3.15. The van der Waals surface area contributed by atoms with Crippen LogP contribution in [0.3, 0.4) is 0 Å². The van der Waals surface area contributed by atoms with E-state index in [2.05, 4.69) is 5.16 Å². The lowest BCUT2D eigenvalue weighted by Crippen LogP contribution is -1.80. The third kappa shape index (κ3) is 1.73. The zero-order valence-corrected chi connectivity index (χ0v) is 10.4. The van der Waals surface area contributed by atoms with Crippen LogP contribution in [-0.4, -0.2) is 10.3 Å². The molecule has 0 aliphatic heterocycles. The Labute approximate surface area is 109 Å². The molecule has 0 unspecified atom stereocenters. The summed E-state index contributed by atoms with van der Waals surface area (Å²) in [5.74, 6) is 0.202. The lowest BCUT2D eigenvalue weighted by Gasteiger charge is -2.05. The maximum atomic E-state index is 9.88. The SMILES string of the molecule is Cc1noc2ccc(-c3cc(Cl)ccc3O)cc12. The predicted octanol–water partition coefficient (Wildman–Crippen LogP) is 4.16. The van der Waals surface area contributed by atoms with Crippen LogP contribution in [0.25, 0.3) is 22.1 Å². The highest BCUT2D eigenvalue weighted by Gasteiger charge is 2.09. The van der Waals surface area contributed by atoms with Crippen LogP contribution in [-0.2, 0) is 0 Å². The summed E-state index contributed by atoms with van der Waals surface area (Å²) in [6, 6.07) is 10.6. The van der Waals surface area contributed by atoms with E-state index < -0.39 is 0 Å². The highest BCUT2D eigenvalue weighted by molar-refractivity contribution is 6.31. The van der Waals surface area contributed by atoms with Crippen molar-refractivity contribution in [2.75, 3.05) is 0 Å². The second-order valence-corrected chi connectivity index (χ2v) is 4.58. The first kappa shape index (κ1) is 11.1. The molecule has 1 aromatic heterocycles. The van der Waals surface area contributed by atoms with E-state index in [-0.39, 0.29) is 5.75 Å². The van der Waals surface area contributed by atoms with Crippen molar-refractivity contribution in [2.45, 2.75) is 6.92 Å². The van der Waals surface area contributed by atoms with Gasteiger partial charge in [0.15, 0.2) is 5.58 Å². The average Bonchev–Trinajstić information content (AvgIpc) is 2.74. The number of hydrogen-bond acceptors (Lipinski definition) is 3. The quantitative estimate of drug-likeness (QED) is 0.714. The number of phenolic OH excluding ortho intramolecular Hbond substituents is 1. The van der Waals surface area contributed by atoms with Crippen molar-refractivity contribution in [1.29, 1.82) is 0 Å². The summed E-state index contributed by atoms with van der Waals surface area (Å²) in [7, 11) is 0. The van der Waals surface area contributed by atoms with Crippen LogP contribution in [0.2, 0.25) is 5.02 Å². The third-order valence-electron chi connectivity index (χ3n) is 2.92. The van der Waals surface area contributed by atoms with Crippen molar-refractivity contribution in [3.8, 4) is 16.9 Å². The minimum absolute atomic E-state index is 0.202. The Balaban J connectivity index is 2.24. The molecule has 0 spiro atoms. The maximum absolute atomic E-state index is 9.88. The number of benzene rings is 2. The van der Waals surface area contributed by atoms with Gasteiger partial charge in [0.25, 0.3) is 0 Å². The first-order valence-electron chi connectivity index (χ1n) is 5.50. The molecule has 2 aromatic carbocycles. The molecule has 3 rings (SSSR count). The Kier molecular flexibility index (Phi) is 2.49. The summed E-state index contributed by atoms with van der Waals surface area (Å²) in [5.41, 5.74) is 3.14. The number of phenols is 1. The van der Waals surface area contributed by atoms with Crippen LogP contribution in [0.15, 0.2) is 40.9 Å². The van der Waals surface area contributed by atoms with Gasteiger partial charge in [-0.2, -0.15) is 0 Å². The molecule has 0 bridgehead atoms. The monoisotopic (exact) mass is 259 g/mol. The molecule has 1 N–H and O–H groups in total. The molecule has 0 amide bonds. The summed E-state index contributed by atoms with van der Waals surface area (Å²) in [6.07, 6.45) is 0. The molecule has 0 aliphatic carbocycles. The van der Waals surface area contributed by atoms with E-state index in [1.807, 2.05) is 25.1 Å². The molecule has 1 heterocycles. The molecule has 0 radical (unpaired) electrons. The van der Waals surface area contributed by atoms with Gasteiger partial charge in [0.2, 0.25) is 0 Å². The first-order valence-corrected chi connectivity index (χ1v) is 5.88. The molecule has 0 saturated carbocycles. The number of aromatic hydroxyl groups is 1. The standard InChI is InChI=1S/C14H10ClNO2/c1-8-11-6-9(2-5-14(11)18-16-8)12-7-10(15)3-4-13(12)17/h2-7,17H,1H3. The van der Waals surface area contributed by atoms with E-state index in [4.69, 9.17) is 16.1 Å². The second-order valence-electron chi connectivity index (χ2n) is 4.14. The van der Waals surface area contributed by atoms with Crippen molar-refractivity contribution in [2.24, 2.45) is 0 Å². The lowest BCUT2D eigenvalue weighted by atomic mass is 10.0. The summed E-state index contributed by atoms with van der Waals surface area (Å²) in [5, 5.41) is 15.3. The Morgan fingerprint density at radius 1 is 1.17 bits per heavy atom. The molecule has 0 aliphatic rings. The van der Waals surface area contributed by atoms with E-state index in [1.165, 1.54) is 0 Å². The Morgan fingerprint density at radius 2 is 2.00 bits per heavy atom. The molecule has 18 heavy (non-hydrogen) atoms. The summed E-state index contributed by atoms with van der Waals surface area (Å²) in [6.45, 7) is 1.88. The fourth-order valence-electron chi connectivity index (χ4n) is 1.97. The lowest BCUT2D eigenvalue weighted by molar-refractivity contribution is 0.450. The molecular weight excluding hydrogens is 250 g/mol. The highest BCUT2D eigenvalue weighted by atomic mass is 35.5. The Morgan fingerprint density at radius 3 is 2.83 bits per heavy atom. The van der Waals surface area contributed by atoms with Gasteiger partial charge in [-0.05, 0) is 42.8 Å². The molecule has 0 fully saturated rings. The number of aryl methyl sites for hydroxylation is 1. The fraction of sp³-hybridized carbons (Fsp3) is 0.0714. The average molecular weight is 260 g/mol. The van der Waals surface area contributed by atoms with Gasteiger partial charge in [0, 0.05) is 16.0 Å². The zero-order valence-electron chi connectivity index (χ0n) is 9.64. The first-order chi connectivity index (χ1) is 8.65. The summed E-state index contributed by atoms with van der Waals surface area (Å²) < 4.78 is 5.15. The van der Waals surface area contributed by atoms with Crippen molar-refractivity contribution < 1.29 is 9.63 Å². The number of halogens is 1. The van der Waals surface area contributed by atoms with E-state index >= 15 is 0 Å². The van der Waals surface area contributed by atoms with Gasteiger partial charge in [0.1, 0.15) is 5.75 Å². The van der Waals surface area contributed by atoms with Crippen molar-refractivity contribution >= 4 is 22.6 Å². The van der Waals surface area contributed by atoms with Crippen LogP contribution in [0.4, 0.5) is 0 Å². The van der Waals surface area contributed by atoms with Gasteiger partial charge < -0.3 is 9.63 Å².